The first-order chi connectivity index (χ1) is 10.5. The Morgan fingerprint density at radius 2 is 2.09 bits per heavy atom. The Bertz CT molecular complexity index is 626. The summed E-state index contributed by atoms with van der Waals surface area (Å²) in [6, 6.07) is 0. The van der Waals surface area contributed by atoms with E-state index in [1.54, 1.807) is 14.0 Å². The third-order valence-corrected chi connectivity index (χ3v) is 3.66. The molecule has 0 aromatic carbocycles. The van der Waals surface area contributed by atoms with Gasteiger partial charge in [0.05, 0.1) is 17.9 Å². The number of carbonyl (C=O) groups is 1. The number of methoxy groups -OCH3 is 1. The van der Waals surface area contributed by atoms with Gasteiger partial charge in [0.25, 0.3) is 5.91 Å². The minimum Gasteiger partial charge on any atom is -0.380 e. The highest BCUT2D eigenvalue weighted by Crippen LogP contribution is 2.14. The molecular weight excluding hydrogens is 284 g/mol. The fraction of sp³-hybridized carbons (Fsp3) is 0.533. The average Bonchev–Trinajstić information content (AvgIpc) is 3.00. The number of aromatic amines is 1. The number of rotatable bonds is 7. The van der Waals surface area contributed by atoms with Crippen LogP contribution in [0.3, 0.4) is 0 Å². The summed E-state index contributed by atoms with van der Waals surface area (Å²) in [4.78, 5) is 12.1. The van der Waals surface area contributed by atoms with Crippen LogP contribution in [0.15, 0.2) is 4.52 Å². The van der Waals surface area contributed by atoms with Crippen LogP contribution in [-0.2, 0) is 17.8 Å². The van der Waals surface area contributed by atoms with Crippen LogP contribution in [0, 0.1) is 20.8 Å². The molecule has 0 atom stereocenters. The molecule has 0 unspecified atom stereocenters. The van der Waals surface area contributed by atoms with Gasteiger partial charge in [0.2, 0.25) is 0 Å². The lowest BCUT2D eigenvalue weighted by atomic mass is 10.1. The molecule has 7 heteroatoms. The number of amides is 1. The van der Waals surface area contributed by atoms with Gasteiger partial charge in [-0.05, 0) is 39.2 Å². The Labute approximate surface area is 129 Å². The van der Waals surface area contributed by atoms with Gasteiger partial charge in [-0.1, -0.05) is 5.16 Å². The molecule has 2 aromatic rings. The molecule has 0 saturated carbocycles. The minimum absolute atomic E-state index is 0.232. The van der Waals surface area contributed by atoms with Crippen molar-refractivity contribution in [3.05, 3.63) is 34.0 Å². The summed E-state index contributed by atoms with van der Waals surface area (Å²) < 4.78 is 10.1. The molecule has 0 aliphatic carbocycles. The zero-order valence-corrected chi connectivity index (χ0v) is 13.4. The van der Waals surface area contributed by atoms with Crippen molar-refractivity contribution in [1.82, 2.24) is 20.7 Å². The van der Waals surface area contributed by atoms with E-state index in [2.05, 4.69) is 20.7 Å². The molecule has 0 fully saturated rings. The summed E-state index contributed by atoms with van der Waals surface area (Å²) in [5, 5.41) is 13.8. The van der Waals surface area contributed by atoms with Crippen molar-refractivity contribution < 1.29 is 14.1 Å². The first-order valence-corrected chi connectivity index (χ1v) is 7.27. The van der Waals surface area contributed by atoms with Crippen LogP contribution in [-0.4, -0.2) is 34.9 Å². The first kappa shape index (κ1) is 16.2. The summed E-state index contributed by atoms with van der Waals surface area (Å²) in [7, 11) is 1.57. The Balaban J connectivity index is 1.86. The number of nitrogens with zero attached hydrogens (tertiary/aromatic N) is 2. The maximum atomic E-state index is 12.1. The van der Waals surface area contributed by atoms with Gasteiger partial charge in [-0.2, -0.15) is 5.10 Å². The summed E-state index contributed by atoms with van der Waals surface area (Å²) in [5.41, 5.74) is 4.31. The predicted octanol–water partition coefficient (Wildman–Crippen LogP) is 1.83. The van der Waals surface area contributed by atoms with Crippen molar-refractivity contribution >= 4 is 5.91 Å². The second kappa shape index (κ2) is 7.22. The van der Waals surface area contributed by atoms with Crippen LogP contribution < -0.4 is 5.32 Å². The third-order valence-electron chi connectivity index (χ3n) is 3.66. The molecule has 0 spiro atoms. The quantitative estimate of drug-likeness (QED) is 0.761. The van der Waals surface area contributed by atoms with E-state index in [1.165, 1.54) is 5.56 Å². The van der Waals surface area contributed by atoms with Gasteiger partial charge in [0.1, 0.15) is 5.76 Å². The van der Waals surface area contributed by atoms with Gasteiger partial charge in [-0.25, -0.2) is 0 Å². The van der Waals surface area contributed by atoms with E-state index in [-0.39, 0.29) is 5.91 Å². The van der Waals surface area contributed by atoms with Crippen molar-refractivity contribution in [3.8, 4) is 0 Å². The van der Waals surface area contributed by atoms with Crippen LogP contribution in [0.5, 0.6) is 0 Å². The van der Waals surface area contributed by atoms with Gasteiger partial charge in [0.15, 0.2) is 5.69 Å². The fourth-order valence-electron chi connectivity index (χ4n) is 2.38. The summed E-state index contributed by atoms with van der Waals surface area (Å²) in [6.45, 7) is 6.63. The number of aromatic nitrogens is 3. The maximum Gasteiger partial charge on any atom is 0.273 e. The molecule has 0 saturated heterocycles. The van der Waals surface area contributed by atoms with Gasteiger partial charge in [-0.15, -0.1) is 0 Å². The van der Waals surface area contributed by atoms with E-state index in [0.29, 0.717) is 30.2 Å². The zero-order valence-electron chi connectivity index (χ0n) is 13.4. The summed E-state index contributed by atoms with van der Waals surface area (Å²) >= 11 is 0. The van der Waals surface area contributed by atoms with Crippen molar-refractivity contribution in [2.75, 3.05) is 13.7 Å². The molecule has 2 N–H and O–H groups in total. The number of hydrogen-bond acceptors (Lipinski definition) is 5. The molecule has 120 valence electrons. The largest absolute Gasteiger partial charge is 0.380 e. The van der Waals surface area contributed by atoms with Crippen molar-refractivity contribution in [2.24, 2.45) is 0 Å². The molecular formula is C15H22N4O3. The number of hydrogen-bond donors (Lipinski definition) is 2. The fourth-order valence-corrected chi connectivity index (χ4v) is 2.38. The van der Waals surface area contributed by atoms with Crippen LogP contribution in [0.1, 0.15) is 45.2 Å². The Morgan fingerprint density at radius 1 is 1.32 bits per heavy atom. The zero-order chi connectivity index (χ0) is 16.1. The lowest BCUT2D eigenvalue weighted by Gasteiger charge is -2.05. The van der Waals surface area contributed by atoms with Crippen LogP contribution in [0.4, 0.5) is 0 Å². The van der Waals surface area contributed by atoms with Crippen molar-refractivity contribution in [1.29, 1.82) is 0 Å². The van der Waals surface area contributed by atoms with E-state index < -0.39 is 0 Å². The molecule has 1 amide bonds. The highest BCUT2D eigenvalue weighted by Gasteiger charge is 2.19. The standard InChI is InChI=1S/C15H22N4O3/c1-9-12(10(2)18-17-9)6-5-7-16-15(20)14-13(8-21-4)11(3)22-19-14/h5-8H2,1-4H3,(H,16,20)(H,17,18). The van der Waals surface area contributed by atoms with Crippen LogP contribution >= 0.6 is 0 Å². The SMILES string of the molecule is COCc1c(C(=O)NCCCc2c(C)n[nH]c2C)noc1C. The maximum absolute atomic E-state index is 12.1. The van der Waals surface area contributed by atoms with Crippen molar-refractivity contribution in [2.45, 2.75) is 40.2 Å². The minimum atomic E-state index is -0.232. The average molecular weight is 306 g/mol. The van der Waals surface area contributed by atoms with Gasteiger partial charge < -0.3 is 14.6 Å². The number of H-pyrrole nitrogens is 1. The number of ether oxygens (including phenoxy) is 1. The topological polar surface area (TPSA) is 93.0 Å². The van der Waals surface area contributed by atoms with Gasteiger partial charge in [-0.3, -0.25) is 9.89 Å². The molecule has 2 rings (SSSR count). The molecule has 0 aliphatic heterocycles. The molecule has 0 aliphatic rings. The normalized spacial score (nSPS) is 10.9. The van der Waals surface area contributed by atoms with E-state index in [0.717, 1.165) is 24.2 Å². The summed E-state index contributed by atoms with van der Waals surface area (Å²) in [5.74, 6) is 0.376. The van der Waals surface area contributed by atoms with E-state index in [9.17, 15) is 4.79 Å². The van der Waals surface area contributed by atoms with E-state index in [4.69, 9.17) is 9.26 Å². The van der Waals surface area contributed by atoms with Gasteiger partial charge in [0, 0.05) is 19.3 Å². The monoisotopic (exact) mass is 306 g/mol. The number of nitrogens with one attached hydrogen (secondary N) is 2. The van der Waals surface area contributed by atoms with E-state index in [1.807, 2.05) is 13.8 Å². The smallest absolute Gasteiger partial charge is 0.273 e. The number of carbonyl (C=O) groups excluding carboxylic acids is 1. The molecule has 7 nitrogen and oxygen atoms in total. The molecule has 0 radical (unpaired) electrons. The van der Waals surface area contributed by atoms with Crippen molar-refractivity contribution in [3.63, 3.8) is 0 Å². The predicted molar refractivity (Wildman–Crippen MR) is 80.7 cm³/mol. The van der Waals surface area contributed by atoms with Crippen LogP contribution in [0.25, 0.3) is 0 Å². The first-order valence-electron chi connectivity index (χ1n) is 7.27. The van der Waals surface area contributed by atoms with Crippen LogP contribution in [0.2, 0.25) is 0 Å². The highest BCUT2D eigenvalue weighted by molar-refractivity contribution is 5.93. The number of aryl methyl sites for hydroxylation is 3. The molecule has 0 bridgehead atoms. The van der Waals surface area contributed by atoms with E-state index >= 15 is 0 Å². The second-order valence-electron chi connectivity index (χ2n) is 5.27. The summed E-state index contributed by atoms with van der Waals surface area (Å²) in [6.07, 6.45) is 1.71. The Hall–Kier alpha value is -2.15. The Morgan fingerprint density at radius 3 is 2.73 bits per heavy atom. The second-order valence-corrected chi connectivity index (χ2v) is 5.27. The third kappa shape index (κ3) is 3.54. The lowest BCUT2D eigenvalue weighted by molar-refractivity contribution is 0.0940. The molecule has 2 aromatic heterocycles. The highest BCUT2D eigenvalue weighted by atomic mass is 16.5. The Kier molecular flexibility index (Phi) is 5.32. The van der Waals surface area contributed by atoms with Gasteiger partial charge >= 0.3 is 0 Å². The lowest BCUT2D eigenvalue weighted by Crippen LogP contribution is -2.26. The molecule has 2 heterocycles. The molecule has 22 heavy (non-hydrogen) atoms.